The molecule has 2 heteroatoms. The molecule has 1 N–H and O–H groups in total. The highest BCUT2D eigenvalue weighted by molar-refractivity contribution is 5.31. The van der Waals surface area contributed by atoms with E-state index in [9.17, 15) is 0 Å². The molecule has 1 fully saturated rings. The Morgan fingerprint density at radius 2 is 2.12 bits per heavy atom. The van der Waals surface area contributed by atoms with Crippen LogP contribution in [0.3, 0.4) is 0 Å². The van der Waals surface area contributed by atoms with Gasteiger partial charge in [-0.25, -0.2) is 0 Å². The van der Waals surface area contributed by atoms with Crippen molar-refractivity contribution >= 4 is 0 Å². The summed E-state index contributed by atoms with van der Waals surface area (Å²) in [7, 11) is 0. The van der Waals surface area contributed by atoms with Crippen molar-refractivity contribution in [1.29, 1.82) is 0 Å². The van der Waals surface area contributed by atoms with Gasteiger partial charge in [0, 0.05) is 12.6 Å². The molecule has 16 heavy (non-hydrogen) atoms. The zero-order valence-electron chi connectivity index (χ0n) is 9.61. The van der Waals surface area contributed by atoms with E-state index in [1.54, 1.807) is 0 Å². The minimum atomic E-state index is 0.279. The molecule has 86 valence electrons. The minimum absolute atomic E-state index is 0.279. The van der Waals surface area contributed by atoms with Crippen LogP contribution < -0.4 is 5.32 Å². The third kappa shape index (κ3) is 1.87. The van der Waals surface area contributed by atoms with Crippen LogP contribution in [0, 0.1) is 0 Å². The molecule has 3 rings (SSSR count). The van der Waals surface area contributed by atoms with Crippen LogP contribution in [-0.4, -0.2) is 19.2 Å². The summed E-state index contributed by atoms with van der Waals surface area (Å²) in [4.78, 5) is 0. The van der Waals surface area contributed by atoms with Gasteiger partial charge in [-0.15, -0.1) is 0 Å². The third-order valence-electron chi connectivity index (χ3n) is 3.71. The van der Waals surface area contributed by atoms with Crippen LogP contribution in [0.1, 0.15) is 36.5 Å². The summed E-state index contributed by atoms with van der Waals surface area (Å²) >= 11 is 0. The molecule has 0 radical (unpaired) electrons. The Balaban J connectivity index is 1.92. The molecule has 0 aromatic heterocycles. The Morgan fingerprint density at radius 1 is 1.19 bits per heavy atom. The summed E-state index contributed by atoms with van der Waals surface area (Å²) in [6.07, 6.45) is 5.13. The maximum absolute atomic E-state index is 6.05. The van der Waals surface area contributed by atoms with Gasteiger partial charge in [0.05, 0.1) is 6.10 Å². The van der Waals surface area contributed by atoms with Crippen LogP contribution >= 0.6 is 0 Å². The Kier molecular flexibility index (Phi) is 2.94. The van der Waals surface area contributed by atoms with Crippen molar-refractivity contribution in [2.24, 2.45) is 0 Å². The van der Waals surface area contributed by atoms with E-state index in [0.29, 0.717) is 6.04 Å². The number of aryl methyl sites for hydroxylation is 1. The Bertz CT molecular complexity index is 358. The fourth-order valence-electron chi connectivity index (χ4n) is 2.90. The van der Waals surface area contributed by atoms with Gasteiger partial charge in [0.25, 0.3) is 0 Å². The van der Waals surface area contributed by atoms with E-state index >= 15 is 0 Å². The quantitative estimate of drug-likeness (QED) is 0.780. The number of nitrogens with one attached hydrogen (secondary N) is 1. The summed E-state index contributed by atoms with van der Waals surface area (Å²) in [5.41, 5.74) is 2.90. The molecule has 1 aromatic carbocycles. The van der Waals surface area contributed by atoms with Gasteiger partial charge in [0.1, 0.15) is 0 Å². The molecule has 0 spiro atoms. The summed E-state index contributed by atoms with van der Waals surface area (Å²) in [6.45, 7) is 2.05. The lowest BCUT2D eigenvalue weighted by atomic mass is 9.95. The van der Waals surface area contributed by atoms with Crippen LogP contribution in [0.4, 0.5) is 0 Å². The lowest BCUT2D eigenvalue weighted by Gasteiger charge is -2.24. The van der Waals surface area contributed by atoms with Crippen molar-refractivity contribution in [3.63, 3.8) is 0 Å². The lowest BCUT2D eigenvalue weighted by Crippen LogP contribution is -2.30. The molecule has 2 aliphatic heterocycles. The van der Waals surface area contributed by atoms with Crippen LogP contribution in [0.5, 0.6) is 0 Å². The second kappa shape index (κ2) is 4.56. The maximum atomic E-state index is 6.05. The first-order valence-corrected chi connectivity index (χ1v) is 6.38. The van der Waals surface area contributed by atoms with E-state index in [0.717, 1.165) is 19.6 Å². The summed E-state index contributed by atoms with van der Waals surface area (Å²) in [5, 5.41) is 3.57. The molecule has 1 aromatic rings. The molecular weight excluding hydrogens is 198 g/mol. The predicted molar refractivity (Wildman–Crippen MR) is 64.5 cm³/mol. The van der Waals surface area contributed by atoms with Gasteiger partial charge in [-0.2, -0.15) is 0 Å². The highest BCUT2D eigenvalue weighted by Crippen LogP contribution is 2.31. The first kappa shape index (κ1) is 10.3. The zero-order valence-corrected chi connectivity index (χ0v) is 9.61. The monoisotopic (exact) mass is 217 g/mol. The first-order chi connectivity index (χ1) is 7.95. The molecule has 0 saturated carbocycles. The van der Waals surface area contributed by atoms with E-state index in [-0.39, 0.29) is 6.10 Å². The topological polar surface area (TPSA) is 21.3 Å². The molecule has 1 saturated heterocycles. The summed E-state index contributed by atoms with van der Waals surface area (Å²) in [6, 6.07) is 9.30. The number of hydrogen-bond acceptors (Lipinski definition) is 2. The van der Waals surface area contributed by atoms with E-state index in [4.69, 9.17) is 4.74 Å². The Hall–Kier alpha value is -0.860. The smallest absolute Gasteiger partial charge is 0.0980 e. The largest absolute Gasteiger partial charge is 0.372 e. The highest BCUT2D eigenvalue weighted by Gasteiger charge is 2.29. The molecule has 2 nitrogen and oxygen atoms in total. The van der Waals surface area contributed by atoms with E-state index < -0.39 is 0 Å². The second-order valence-corrected chi connectivity index (χ2v) is 4.80. The van der Waals surface area contributed by atoms with Crippen LogP contribution in [0.25, 0.3) is 0 Å². The average Bonchev–Trinajstić information content (AvgIpc) is 2.76. The van der Waals surface area contributed by atoms with Crippen molar-refractivity contribution in [2.45, 2.75) is 37.8 Å². The van der Waals surface area contributed by atoms with Crippen LogP contribution in [0.15, 0.2) is 24.3 Å². The maximum Gasteiger partial charge on any atom is 0.0980 e. The van der Waals surface area contributed by atoms with Crippen molar-refractivity contribution in [2.75, 3.05) is 13.2 Å². The Morgan fingerprint density at radius 3 is 3.00 bits per heavy atom. The molecule has 2 aliphatic rings. The number of ether oxygens (including phenoxy) is 1. The summed E-state index contributed by atoms with van der Waals surface area (Å²) in [5.74, 6) is 0. The van der Waals surface area contributed by atoms with Gasteiger partial charge >= 0.3 is 0 Å². The lowest BCUT2D eigenvalue weighted by molar-refractivity contribution is 0.0333. The van der Waals surface area contributed by atoms with Crippen molar-refractivity contribution in [3.05, 3.63) is 35.4 Å². The Labute approximate surface area is 97.0 Å². The van der Waals surface area contributed by atoms with Crippen molar-refractivity contribution in [3.8, 4) is 0 Å². The molecule has 2 heterocycles. The molecule has 0 bridgehead atoms. The number of hydrogen-bond donors (Lipinski definition) is 1. The SMILES string of the molecule is c1ccc2c(c1)CCCO[C@H]2[C@H]1CCCN1. The van der Waals surface area contributed by atoms with Gasteiger partial charge in [-0.1, -0.05) is 24.3 Å². The standard InChI is InChI=1S/C14H19NO/c1-2-7-12-11(5-1)6-4-10-16-14(12)13-8-3-9-15-13/h1-2,5,7,13-15H,3-4,6,8-10H2/t13-,14-/m1/s1. The van der Waals surface area contributed by atoms with Gasteiger partial charge in [-0.05, 0) is 43.4 Å². The van der Waals surface area contributed by atoms with E-state index in [1.165, 1.54) is 30.4 Å². The first-order valence-electron chi connectivity index (χ1n) is 6.38. The van der Waals surface area contributed by atoms with Crippen molar-refractivity contribution < 1.29 is 4.74 Å². The third-order valence-corrected chi connectivity index (χ3v) is 3.71. The van der Waals surface area contributed by atoms with E-state index in [1.807, 2.05) is 0 Å². The fraction of sp³-hybridized carbons (Fsp3) is 0.571. The molecule has 0 aliphatic carbocycles. The zero-order chi connectivity index (χ0) is 10.8. The van der Waals surface area contributed by atoms with Crippen LogP contribution in [0.2, 0.25) is 0 Å². The number of rotatable bonds is 1. The molecule has 0 amide bonds. The van der Waals surface area contributed by atoms with Gasteiger partial charge in [0.2, 0.25) is 0 Å². The highest BCUT2D eigenvalue weighted by atomic mass is 16.5. The number of fused-ring (bicyclic) bond motifs is 1. The van der Waals surface area contributed by atoms with Gasteiger partial charge in [-0.3, -0.25) is 0 Å². The number of benzene rings is 1. The average molecular weight is 217 g/mol. The minimum Gasteiger partial charge on any atom is -0.372 e. The van der Waals surface area contributed by atoms with Crippen molar-refractivity contribution in [1.82, 2.24) is 5.32 Å². The molecule has 0 unspecified atom stereocenters. The second-order valence-electron chi connectivity index (χ2n) is 4.80. The van der Waals surface area contributed by atoms with E-state index in [2.05, 4.69) is 29.6 Å². The molecule has 2 atom stereocenters. The fourth-order valence-corrected chi connectivity index (χ4v) is 2.90. The normalized spacial score (nSPS) is 29.8. The predicted octanol–water partition coefficient (Wildman–Crippen LogP) is 2.44. The van der Waals surface area contributed by atoms with Gasteiger partial charge in [0.15, 0.2) is 0 Å². The van der Waals surface area contributed by atoms with Gasteiger partial charge < -0.3 is 10.1 Å². The molecular formula is C14H19NO. The summed E-state index contributed by atoms with van der Waals surface area (Å²) < 4.78 is 6.05. The van der Waals surface area contributed by atoms with Crippen LogP contribution in [-0.2, 0) is 11.2 Å².